The van der Waals surface area contributed by atoms with Gasteiger partial charge >= 0.3 is 5.97 Å². The third-order valence-electron chi connectivity index (χ3n) is 2.06. The Bertz CT molecular complexity index is 614. The van der Waals surface area contributed by atoms with Gasteiger partial charge in [0.25, 0.3) is 11.4 Å². The zero-order chi connectivity index (χ0) is 12.4. The standard InChI is InChI=1S/C10H9N3O4/c1-6-11-10(17-12-6)7-2-3-8(14)13(4-7)5-9(15)16/h2-4H,5H2,1H3,(H,15,16). The average Bonchev–Trinajstić information content (AvgIpc) is 2.67. The van der Waals surface area contributed by atoms with E-state index in [1.807, 2.05) is 0 Å². The first kappa shape index (κ1) is 11.1. The number of aromatic nitrogens is 3. The van der Waals surface area contributed by atoms with Gasteiger partial charge in [-0.3, -0.25) is 9.59 Å². The molecule has 2 aromatic heterocycles. The molecule has 7 heteroatoms. The van der Waals surface area contributed by atoms with Gasteiger partial charge in [0.05, 0.1) is 5.56 Å². The van der Waals surface area contributed by atoms with Crippen LogP contribution in [-0.4, -0.2) is 25.8 Å². The largest absolute Gasteiger partial charge is 0.480 e. The first-order valence-electron chi connectivity index (χ1n) is 4.79. The van der Waals surface area contributed by atoms with Crippen LogP contribution >= 0.6 is 0 Å². The van der Waals surface area contributed by atoms with Crippen LogP contribution in [0, 0.1) is 6.92 Å². The molecule has 2 heterocycles. The van der Waals surface area contributed by atoms with E-state index in [4.69, 9.17) is 9.63 Å². The number of pyridine rings is 1. The molecule has 0 saturated heterocycles. The first-order chi connectivity index (χ1) is 8.06. The lowest BCUT2D eigenvalue weighted by atomic mass is 10.3. The van der Waals surface area contributed by atoms with E-state index in [-0.39, 0.29) is 5.89 Å². The third-order valence-corrected chi connectivity index (χ3v) is 2.06. The molecule has 0 aliphatic carbocycles. The predicted molar refractivity (Wildman–Crippen MR) is 56.4 cm³/mol. The summed E-state index contributed by atoms with van der Waals surface area (Å²) >= 11 is 0. The summed E-state index contributed by atoms with van der Waals surface area (Å²) in [6.45, 7) is 1.26. The van der Waals surface area contributed by atoms with E-state index in [1.54, 1.807) is 6.92 Å². The van der Waals surface area contributed by atoms with Gasteiger partial charge in [-0.1, -0.05) is 5.16 Å². The molecule has 0 aliphatic rings. The second kappa shape index (κ2) is 4.20. The van der Waals surface area contributed by atoms with Crippen molar-refractivity contribution < 1.29 is 14.4 Å². The van der Waals surface area contributed by atoms with Crippen LogP contribution in [0.5, 0.6) is 0 Å². The van der Waals surface area contributed by atoms with Gasteiger partial charge in [0.1, 0.15) is 6.54 Å². The highest BCUT2D eigenvalue weighted by molar-refractivity contribution is 5.66. The zero-order valence-electron chi connectivity index (χ0n) is 8.95. The van der Waals surface area contributed by atoms with Crippen LogP contribution < -0.4 is 5.56 Å². The van der Waals surface area contributed by atoms with Crippen LogP contribution in [0.2, 0.25) is 0 Å². The summed E-state index contributed by atoms with van der Waals surface area (Å²) in [6, 6.07) is 2.77. The Kier molecular flexibility index (Phi) is 2.73. The fraction of sp³-hybridized carbons (Fsp3) is 0.200. The third kappa shape index (κ3) is 2.39. The van der Waals surface area contributed by atoms with Crippen molar-refractivity contribution in [2.24, 2.45) is 0 Å². The molecule has 2 rings (SSSR count). The van der Waals surface area contributed by atoms with Gasteiger partial charge in [-0.05, 0) is 13.0 Å². The minimum atomic E-state index is -1.09. The number of carboxylic acids is 1. The molecule has 17 heavy (non-hydrogen) atoms. The van der Waals surface area contributed by atoms with Crippen molar-refractivity contribution in [2.45, 2.75) is 13.5 Å². The van der Waals surface area contributed by atoms with Crippen LogP contribution in [-0.2, 0) is 11.3 Å². The minimum Gasteiger partial charge on any atom is -0.480 e. The Morgan fingerprint density at radius 1 is 1.53 bits per heavy atom. The Morgan fingerprint density at radius 2 is 2.29 bits per heavy atom. The molecule has 88 valence electrons. The molecule has 0 unspecified atom stereocenters. The Morgan fingerprint density at radius 3 is 2.88 bits per heavy atom. The highest BCUT2D eigenvalue weighted by Crippen LogP contribution is 2.14. The molecule has 0 saturated carbocycles. The van der Waals surface area contributed by atoms with Gasteiger partial charge in [0.2, 0.25) is 0 Å². The van der Waals surface area contributed by atoms with Crippen molar-refractivity contribution in [3.63, 3.8) is 0 Å². The van der Waals surface area contributed by atoms with Gasteiger partial charge in [-0.2, -0.15) is 4.98 Å². The van der Waals surface area contributed by atoms with Gasteiger partial charge < -0.3 is 14.2 Å². The Hall–Kier alpha value is -2.44. The van der Waals surface area contributed by atoms with Crippen LogP contribution in [0.15, 0.2) is 27.6 Å². The van der Waals surface area contributed by atoms with Crippen molar-refractivity contribution in [1.82, 2.24) is 14.7 Å². The molecule has 0 bridgehead atoms. The topological polar surface area (TPSA) is 98.2 Å². The lowest BCUT2D eigenvalue weighted by molar-refractivity contribution is -0.137. The lowest BCUT2D eigenvalue weighted by Crippen LogP contribution is -2.22. The number of carbonyl (C=O) groups is 1. The second-order valence-electron chi connectivity index (χ2n) is 3.42. The van der Waals surface area contributed by atoms with Gasteiger partial charge in [-0.15, -0.1) is 0 Å². The van der Waals surface area contributed by atoms with Crippen molar-refractivity contribution in [2.75, 3.05) is 0 Å². The number of hydrogen-bond donors (Lipinski definition) is 1. The SMILES string of the molecule is Cc1noc(-c2ccc(=O)n(CC(=O)O)c2)n1. The van der Waals surface area contributed by atoms with Crippen molar-refractivity contribution in [1.29, 1.82) is 0 Å². The molecule has 0 aliphatic heterocycles. The fourth-order valence-electron chi connectivity index (χ4n) is 1.34. The maximum absolute atomic E-state index is 11.4. The monoisotopic (exact) mass is 235 g/mol. The lowest BCUT2D eigenvalue weighted by Gasteiger charge is -2.02. The van der Waals surface area contributed by atoms with E-state index < -0.39 is 18.1 Å². The first-order valence-corrected chi connectivity index (χ1v) is 4.79. The summed E-state index contributed by atoms with van der Waals surface area (Å²) in [4.78, 5) is 25.9. The molecule has 0 spiro atoms. The zero-order valence-corrected chi connectivity index (χ0v) is 8.95. The summed E-state index contributed by atoms with van der Waals surface area (Å²) < 4.78 is 5.99. The molecule has 2 aromatic rings. The summed E-state index contributed by atoms with van der Waals surface area (Å²) in [7, 11) is 0. The van der Waals surface area contributed by atoms with Gasteiger partial charge in [0, 0.05) is 12.3 Å². The number of nitrogens with zero attached hydrogens (tertiary/aromatic N) is 3. The molecule has 0 radical (unpaired) electrons. The molecular weight excluding hydrogens is 226 g/mol. The summed E-state index contributed by atoms with van der Waals surface area (Å²) in [5.41, 5.74) is 0.110. The summed E-state index contributed by atoms with van der Waals surface area (Å²) in [5.74, 6) is -0.372. The smallest absolute Gasteiger partial charge is 0.323 e. The molecule has 0 aromatic carbocycles. The second-order valence-corrected chi connectivity index (χ2v) is 3.42. The normalized spacial score (nSPS) is 10.4. The summed E-state index contributed by atoms with van der Waals surface area (Å²) in [6.07, 6.45) is 1.38. The molecule has 0 fully saturated rings. The van der Waals surface area contributed by atoms with Crippen molar-refractivity contribution in [3.05, 3.63) is 34.5 Å². The van der Waals surface area contributed by atoms with Crippen LogP contribution in [0.4, 0.5) is 0 Å². The van der Waals surface area contributed by atoms with E-state index in [0.29, 0.717) is 11.4 Å². The number of hydrogen-bond acceptors (Lipinski definition) is 5. The number of carboxylic acid groups (broad SMARTS) is 1. The molecule has 0 atom stereocenters. The van der Waals surface area contributed by atoms with E-state index in [0.717, 1.165) is 4.57 Å². The van der Waals surface area contributed by atoms with E-state index in [1.165, 1.54) is 18.3 Å². The highest BCUT2D eigenvalue weighted by atomic mass is 16.5. The number of rotatable bonds is 3. The number of aryl methyl sites for hydroxylation is 1. The van der Waals surface area contributed by atoms with E-state index in [2.05, 4.69) is 10.1 Å². The van der Waals surface area contributed by atoms with Crippen molar-refractivity contribution in [3.8, 4) is 11.5 Å². The van der Waals surface area contributed by atoms with Gasteiger partial charge in [0.15, 0.2) is 5.82 Å². The Balaban J connectivity index is 2.43. The van der Waals surface area contributed by atoms with Crippen LogP contribution in [0.3, 0.4) is 0 Å². The quantitative estimate of drug-likeness (QED) is 0.821. The Labute approximate surface area is 95.3 Å². The number of aliphatic carboxylic acids is 1. The maximum Gasteiger partial charge on any atom is 0.323 e. The van der Waals surface area contributed by atoms with Crippen LogP contribution in [0.1, 0.15) is 5.82 Å². The fourth-order valence-corrected chi connectivity index (χ4v) is 1.34. The van der Waals surface area contributed by atoms with E-state index in [9.17, 15) is 9.59 Å². The predicted octanol–water partition coefficient (Wildman–Crippen LogP) is 0.291. The highest BCUT2D eigenvalue weighted by Gasteiger charge is 2.09. The van der Waals surface area contributed by atoms with Crippen LogP contribution in [0.25, 0.3) is 11.5 Å². The molecule has 1 N–H and O–H groups in total. The summed E-state index contributed by atoms with van der Waals surface area (Å²) in [5, 5.41) is 12.3. The minimum absolute atomic E-state index is 0.252. The molecule has 0 amide bonds. The van der Waals surface area contributed by atoms with Gasteiger partial charge in [-0.25, -0.2) is 0 Å². The molecule has 7 nitrogen and oxygen atoms in total. The van der Waals surface area contributed by atoms with E-state index >= 15 is 0 Å². The molecular formula is C10H9N3O4. The average molecular weight is 235 g/mol. The van der Waals surface area contributed by atoms with Crippen molar-refractivity contribution >= 4 is 5.97 Å². The maximum atomic E-state index is 11.4.